The molecule has 3 heteroatoms. The second kappa shape index (κ2) is 5.71. The minimum Gasteiger partial charge on any atom is -0.466 e. The summed E-state index contributed by atoms with van der Waals surface area (Å²) in [7, 11) is 0. The number of hydrogen-bond acceptors (Lipinski definition) is 3. The number of ether oxygens (including phenoxy) is 1. The van der Waals surface area contributed by atoms with Crippen LogP contribution in [0.2, 0.25) is 0 Å². The Morgan fingerprint density at radius 2 is 2.33 bits per heavy atom. The molecule has 1 aromatic carbocycles. The third kappa shape index (κ3) is 2.92. The molecule has 2 rings (SSSR count). The lowest BCUT2D eigenvalue weighted by molar-refractivity contribution is -0.148. The molecule has 0 aromatic heterocycles. The van der Waals surface area contributed by atoms with E-state index in [1.54, 1.807) is 0 Å². The molecule has 1 aliphatic carbocycles. The van der Waals surface area contributed by atoms with Gasteiger partial charge in [-0.2, -0.15) is 0 Å². The van der Waals surface area contributed by atoms with Crippen molar-refractivity contribution >= 4 is 17.2 Å². The summed E-state index contributed by atoms with van der Waals surface area (Å²) in [4.78, 5) is 11.6. The van der Waals surface area contributed by atoms with Crippen LogP contribution in [0.15, 0.2) is 30.3 Å². The summed E-state index contributed by atoms with van der Waals surface area (Å²) >= 11 is 0. The molecule has 0 fully saturated rings. The summed E-state index contributed by atoms with van der Waals surface area (Å²) in [5, 5.41) is 0. The van der Waals surface area contributed by atoms with Gasteiger partial charge in [0, 0.05) is 5.69 Å². The molecule has 0 bridgehead atoms. The van der Waals surface area contributed by atoms with Crippen molar-refractivity contribution in [3.63, 3.8) is 0 Å². The molecular weight excluding hydrogens is 226 g/mol. The number of carbonyl (C=O) groups is 1. The van der Waals surface area contributed by atoms with Gasteiger partial charge in [0.05, 0.1) is 12.5 Å². The van der Waals surface area contributed by atoms with Gasteiger partial charge in [0.25, 0.3) is 0 Å². The SMILES string of the molecule is CCOC(=O)C1CC=C(c2cccc(N)c2)CC1. The normalized spacial score (nSPS) is 19.2. The maximum absolute atomic E-state index is 11.6. The molecule has 2 N–H and O–H groups in total. The lowest BCUT2D eigenvalue weighted by atomic mass is 9.86. The van der Waals surface area contributed by atoms with Crippen LogP contribution in [0.5, 0.6) is 0 Å². The summed E-state index contributed by atoms with van der Waals surface area (Å²) in [6, 6.07) is 7.89. The first kappa shape index (κ1) is 12.7. The van der Waals surface area contributed by atoms with Crippen molar-refractivity contribution in [2.75, 3.05) is 12.3 Å². The van der Waals surface area contributed by atoms with E-state index >= 15 is 0 Å². The Morgan fingerprint density at radius 1 is 1.50 bits per heavy atom. The second-order valence-corrected chi connectivity index (χ2v) is 4.58. The van der Waals surface area contributed by atoms with Gasteiger partial charge in [-0.3, -0.25) is 4.79 Å². The van der Waals surface area contributed by atoms with Gasteiger partial charge in [0.1, 0.15) is 0 Å². The zero-order valence-electron chi connectivity index (χ0n) is 10.7. The number of nitrogen functional groups attached to an aromatic ring is 1. The van der Waals surface area contributed by atoms with Crippen LogP contribution in [0.3, 0.4) is 0 Å². The van der Waals surface area contributed by atoms with E-state index in [1.807, 2.05) is 25.1 Å². The molecule has 1 unspecified atom stereocenters. The highest BCUT2D eigenvalue weighted by atomic mass is 16.5. The van der Waals surface area contributed by atoms with Crippen molar-refractivity contribution in [2.24, 2.45) is 5.92 Å². The van der Waals surface area contributed by atoms with Crippen LogP contribution in [0, 0.1) is 5.92 Å². The van der Waals surface area contributed by atoms with E-state index in [0.29, 0.717) is 6.61 Å². The smallest absolute Gasteiger partial charge is 0.309 e. The van der Waals surface area contributed by atoms with Gasteiger partial charge in [0.2, 0.25) is 0 Å². The molecule has 0 heterocycles. The highest BCUT2D eigenvalue weighted by Gasteiger charge is 2.22. The zero-order valence-corrected chi connectivity index (χ0v) is 10.7. The highest BCUT2D eigenvalue weighted by molar-refractivity contribution is 5.76. The van der Waals surface area contributed by atoms with Gasteiger partial charge in [0.15, 0.2) is 0 Å². The molecule has 18 heavy (non-hydrogen) atoms. The molecule has 3 nitrogen and oxygen atoms in total. The fourth-order valence-electron chi connectivity index (χ4n) is 2.31. The number of allylic oxidation sites excluding steroid dienone is 2. The van der Waals surface area contributed by atoms with Gasteiger partial charge < -0.3 is 10.5 Å². The van der Waals surface area contributed by atoms with Crippen LogP contribution < -0.4 is 5.73 Å². The van der Waals surface area contributed by atoms with Crippen molar-refractivity contribution in [1.29, 1.82) is 0 Å². The van der Waals surface area contributed by atoms with E-state index in [2.05, 4.69) is 12.1 Å². The van der Waals surface area contributed by atoms with Crippen LogP contribution in [0.4, 0.5) is 5.69 Å². The monoisotopic (exact) mass is 245 g/mol. The Hall–Kier alpha value is -1.77. The quantitative estimate of drug-likeness (QED) is 0.658. The fourth-order valence-corrected chi connectivity index (χ4v) is 2.31. The lowest BCUT2D eigenvalue weighted by Crippen LogP contribution is -2.19. The number of rotatable bonds is 3. The Morgan fingerprint density at radius 3 is 2.94 bits per heavy atom. The largest absolute Gasteiger partial charge is 0.466 e. The van der Waals surface area contributed by atoms with E-state index in [1.165, 1.54) is 5.57 Å². The topological polar surface area (TPSA) is 52.3 Å². The van der Waals surface area contributed by atoms with Gasteiger partial charge in [-0.25, -0.2) is 0 Å². The Bertz CT molecular complexity index is 465. The summed E-state index contributed by atoms with van der Waals surface area (Å²) in [6.07, 6.45) is 4.68. The highest BCUT2D eigenvalue weighted by Crippen LogP contribution is 2.31. The standard InChI is InChI=1S/C15H19NO2/c1-2-18-15(17)12-8-6-11(7-9-12)13-4-3-5-14(16)10-13/h3-6,10,12H,2,7-9,16H2,1H3. The van der Waals surface area contributed by atoms with Crippen molar-refractivity contribution in [1.82, 2.24) is 0 Å². The van der Waals surface area contributed by atoms with Gasteiger partial charge in [-0.05, 0) is 49.5 Å². The molecule has 0 amide bonds. The maximum Gasteiger partial charge on any atom is 0.309 e. The van der Waals surface area contributed by atoms with Gasteiger partial charge >= 0.3 is 5.97 Å². The zero-order chi connectivity index (χ0) is 13.0. The molecule has 1 aromatic rings. The van der Waals surface area contributed by atoms with Gasteiger partial charge in [-0.1, -0.05) is 18.2 Å². The minimum atomic E-state index is -0.0691. The third-order valence-corrected chi connectivity index (χ3v) is 3.29. The number of anilines is 1. The molecule has 0 spiro atoms. The molecule has 0 saturated carbocycles. The van der Waals surface area contributed by atoms with Crippen LogP contribution in [0.25, 0.3) is 5.57 Å². The lowest BCUT2D eigenvalue weighted by Gasteiger charge is -2.20. The molecule has 1 atom stereocenters. The van der Waals surface area contributed by atoms with Crippen LogP contribution in [0.1, 0.15) is 31.7 Å². The number of esters is 1. The fraction of sp³-hybridized carbons (Fsp3) is 0.400. The van der Waals surface area contributed by atoms with Crippen molar-refractivity contribution < 1.29 is 9.53 Å². The number of benzene rings is 1. The first-order valence-corrected chi connectivity index (χ1v) is 6.42. The van der Waals surface area contributed by atoms with Gasteiger partial charge in [-0.15, -0.1) is 0 Å². The third-order valence-electron chi connectivity index (χ3n) is 3.29. The van der Waals surface area contributed by atoms with Crippen molar-refractivity contribution in [3.8, 4) is 0 Å². The van der Waals surface area contributed by atoms with E-state index in [9.17, 15) is 4.79 Å². The summed E-state index contributed by atoms with van der Waals surface area (Å²) < 4.78 is 5.05. The van der Waals surface area contributed by atoms with Crippen LogP contribution in [-0.4, -0.2) is 12.6 Å². The number of nitrogens with two attached hydrogens (primary N) is 1. The van der Waals surface area contributed by atoms with E-state index in [-0.39, 0.29) is 11.9 Å². The molecule has 96 valence electrons. The predicted molar refractivity (Wildman–Crippen MR) is 72.8 cm³/mol. The molecule has 0 aliphatic heterocycles. The van der Waals surface area contributed by atoms with E-state index in [0.717, 1.165) is 30.5 Å². The van der Waals surface area contributed by atoms with Crippen LogP contribution in [-0.2, 0) is 9.53 Å². The summed E-state index contributed by atoms with van der Waals surface area (Å²) in [6.45, 7) is 2.30. The van der Waals surface area contributed by atoms with E-state index in [4.69, 9.17) is 10.5 Å². The number of carbonyl (C=O) groups excluding carboxylic acids is 1. The maximum atomic E-state index is 11.6. The second-order valence-electron chi connectivity index (χ2n) is 4.58. The Labute approximate surface area is 108 Å². The minimum absolute atomic E-state index is 0.0229. The Kier molecular flexibility index (Phi) is 4.03. The van der Waals surface area contributed by atoms with Crippen molar-refractivity contribution in [3.05, 3.63) is 35.9 Å². The molecule has 1 aliphatic rings. The average molecular weight is 245 g/mol. The van der Waals surface area contributed by atoms with Crippen LogP contribution >= 0.6 is 0 Å². The Balaban J connectivity index is 2.05. The van der Waals surface area contributed by atoms with Crippen molar-refractivity contribution in [2.45, 2.75) is 26.2 Å². The number of hydrogen-bond donors (Lipinski definition) is 1. The molecule has 0 radical (unpaired) electrons. The summed E-state index contributed by atoms with van der Waals surface area (Å²) in [5.74, 6) is -0.0462. The molecule has 0 saturated heterocycles. The average Bonchev–Trinajstić information content (AvgIpc) is 2.39. The predicted octanol–water partition coefficient (Wildman–Crippen LogP) is 3.02. The first-order valence-electron chi connectivity index (χ1n) is 6.42. The molecular formula is C15H19NO2. The summed E-state index contributed by atoms with van der Waals surface area (Å²) in [5.41, 5.74) is 9.00. The van der Waals surface area contributed by atoms with E-state index < -0.39 is 0 Å². The first-order chi connectivity index (χ1) is 8.70.